The van der Waals surface area contributed by atoms with Gasteiger partial charge in [0.1, 0.15) is 5.60 Å². The number of hydrogen-bond donors (Lipinski definition) is 1. The Bertz CT molecular complexity index is 576. The summed E-state index contributed by atoms with van der Waals surface area (Å²) in [5.41, 5.74) is -0.337. The third-order valence-corrected chi connectivity index (χ3v) is 5.54. The number of carbonyl (C=O) groups excluding carboxylic acids is 1. The summed E-state index contributed by atoms with van der Waals surface area (Å²) in [6, 6.07) is 10.1. The summed E-state index contributed by atoms with van der Waals surface area (Å²) in [6.45, 7) is 2.14. The van der Waals surface area contributed by atoms with Crippen LogP contribution in [0, 0.1) is 10.8 Å². The highest BCUT2D eigenvalue weighted by Gasteiger charge is 2.84. The van der Waals surface area contributed by atoms with Crippen LogP contribution in [0.2, 0.25) is 0 Å². The summed E-state index contributed by atoms with van der Waals surface area (Å²) in [6.07, 6.45) is 5.10. The second-order valence-corrected chi connectivity index (χ2v) is 6.33. The van der Waals surface area contributed by atoms with E-state index in [1.54, 1.807) is 12.2 Å². The molecule has 4 atom stereocenters. The van der Waals surface area contributed by atoms with Crippen molar-refractivity contribution < 1.29 is 9.90 Å². The van der Waals surface area contributed by atoms with Gasteiger partial charge in [-0.3, -0.25) is 4.79 Å². The highest BCUT2D eigenvalue weighted by atomic mass is 16.3. The highest BCUT2D eigenvalue weighted by molar-refractivity contribution is 6.03. The van der Waals surface area contributed by atoms with Crippen molar-refractivity contribution in [1.29, 1.82) is 0 Å². The fraction of sp³-hybridized carbons (Fsp3) is 0.438. The fourth-order valence-electron chi connectivity index (χ4n) is 4.56. The summed E-state index contributed by atoms with van der Waals surface area (Å²) in [4.78, 5) is 12.2. The third kappa shape index (κ3) is 0.872. The molecule has 18 heavy (non-hydrogen) atoms. The molecule has 0 bridgehead atoms. The molecule has 0 heterocycles. The maximum Gasteiger partial charge on any atom is 0.165 e. The predicted molar refractivity (Wildman–Crippen MR) is 68.1 cm³/mol. The molecule has 0 aliphatic heterocycles. The van der Waals surface area contributed by atoms with Crippen molar-refractivity contribution in [2.45, 2.75) is 31.3 Å². The van der Waals surface area contributed by atoms with Gasteiger partial charge in [-0.05, 0) is 36.0 Å². The van der Waals surface area contributed by atoms with E-state index < -0.39 is 11.0 Å². The Balaban J connectivity index is 1.86. The molecule has 0 radical (unpaired) electrons. The standard InChI is InChI=1S/C16H16O2/c1-14-9-12(11-5-3-2-4-6-11)16(18)8-7-13(17)15(14,16)10-14/h2-8,12,18H,9-10H2,1H3/t12-,14+,15+,16+/m1/s1. The first kappa shape index (κ1) is 10.5. The molecule has 2 saturated carbocycles. The Kier molecular flexibility index (Phi) is 1.62. The Morgan fingerprint density at radius 2 is 2.00 bits per heavy atom. The van der Waals surface area contributed by atoms with Crippen molar-refractivity contribution in [3.05, 3.63) is 48.0 Å². The smallest absolute Gasteiger partial charge is 0.165 e. The van der Waals surface area contributed by atoms with Crippen LogP contribution in [-0.2, 0) is 4.79 Å². The predicted octanol–water partition coefficient (Wildman–Crippen LogP) is 2.44. The molecule has 2 nitrogen and oxygen atoms in total. The number of carbonyl (C=O) groups is 1. The zero-order chi connectivity index (χ0) is 12.6. The van der Waals surface area contributed by atoms with Crippen molar-refractivity contribution in [3.8, 4) is 0 Å². The molecular formula is C16H16O2. The molecule has 1 spiro atoms. The zero-order valence-corrected chi connectivity index (χ0v) is 10.4. The van der Waals surface area contributed by atoms with Gasteiger partial charge in [0.2, 0.25) is 0 Å². The molecule has 0 amide bonds. The Morgan fingerprint density at radius 1 is 1.28 bits per heavy atom. The Morgan fingerprint density at radius 3 is 2.72 bits per heavy atom. The van der Waals surface area contributed by atoms with Gasteiger partial charge >= 0.3 is 0 Å². The molecule has 1 aromatic rings. The first-order valence-electron chi connectivity index (χ1n) is 6.55. The Hall–Kier alpha value is -1.41. The van der Waals surface area contributed by atoms with Crippen LogP contribution in [0.1, 0.15) is 31.2 Å². The van der Waals surface area contributed by atoms with Crippen LogP contribution in [0.5, 0.6) is 0 Å². The quantitative estimate of drug-likeness (QED) is 0.818. The number of ketones is 1. The van der Waals surface area contributed by atoms with E-state index in [1.807, 2.05) is 18.2 Å². The van der Waals surface area contributed by atoms with E-state index in [9.17, 15) is 9.90 Å². The summed E-state index contributed by atoms with van der Waals surface area (Å²) in [5, 5.41) is 11.1. The van der Waals surface area contributed by atoms with Crippen molar-refractivity contribution in [3.63, 3.8) is 0 Å². The van der Waals surface area contributed by atoms with E-state index in [4.69, 9.17) is 0 Å². The molecule has 1 N–H and O–H groups in total. The summed E-state index contributed by atoms with van der Waals surface area (Å²) >= 11 is 0. The van der Waals surface area contributed by atoms with Crippen molar-refractivity contribution in [1.82, 2.24) is 0 Å². The lowest BCUT2D eigenvalue weighted by Gasteiger charge is -2.32. The van der Waals surface area contributed by atoms with Crippen molar-refractivity contribution in [2.24, 2.45) is 10.8 Å². The average molecular weight is 240 g/mol. The van der Waals surface area contributed by atoms with Gasteiger partial charge in [0.25, 0.3) is 0 Å². The maximum absolute atomic E-state index is 12.2. The number of aliphatic hydroxyl groups is 1. The number of rotatable bonds is 1. The second-order valence-electron chi connectivity index (χ2n) is 6.33. The normalized spacial score (nSPS) is 48.1. The highest BCUT2D eigenvalue weighted by Crippen LogP contribution is 2.82. The number of allylic oxidation sites excluding steroid dienone is 1. The van der Waals surface area contributed by atoms with Crippen LogP contribution in [0.3, 0.4) is 0 Å². The molecule has 0 saturated heterocycles. The lowest BCUT2D eigenvalue weighted by atomic mass is 9.77. The van der Waals surface area contributed by atoms with Gasteiger partial charge in [0, 0.05) is 5.92 Å². The Labute approximate surface area is 106 Å². The first-order chi connectivity index (χ1) is 8.54. The van der Waals surface area contributed by atoms with Gasteiger partial charge < -0.3 is 5.11 Å². The van der Waals surface area contributed by atoms with Crippen LogP contribution >= 0.6 is 0 Å². The van der Waals surface area contributed by atoms with E-state index >= 15 is 0 Å². The zero-order valence-electron chi connectivity index (χ0n) is 10.4. The summed E-state index contributed by atoms with van der Waals surface area (Å²) < 4.78 is 0. The van der Waals surface area contributed by atoms with Crippen LogP contribution in [0.25, 0.3) is 0 Å². The SMILES string of the molecule is C[C@@]12C[C@H](c3ccccc3)[C@@]3(O)C=CC(=O)[C@@]13C2. The molecule has 3 aliphatic rings. The van der Waals surface area contributed by atoms with E-state index in [2.05, 4.69) is 19.1 Å². The molecule has 4 rings (SSSR count). The first-order valence-corrected chi connectivity index (χ1v) is 6.55. The van der Waals surface area contributed by atoms with Gasteiger partial charge in [-0.15, -0.1) is 0 Å². The minimum atomic E-state index is -0.958. The van der Waals surface area contributed by atoms with Crippen molar-refractivity contribution in [2.75, 3.05) is 0 Å². The van der Waals surface area contributed by atoms with Crippen LogP contribution in [0.4, 0.5) is 0 Å². The monoisotopic (exact) mass is 240 g/mol. The molecule has 1 aromatic carbocycles. The van der Waals surface area contributed by atoms with Gasteiger partial charge in [-0.2, -0.15) is 0 Å². The van der Waals surface area contributed by atoms with Gasteiger partial charge in [-0.1, -0.05) is 37.3 Å². The van der Waals surface area contributed by atoms with Crippen LogP contribution < -0.4 is 0 Å². The number of benzene rings is 1. The van der Waals surface area contributed by atoms with Gasteiger partial charge in [0.05, 0.1) is 5.41 Å². The largest absolute Gasteiger partial charge is 0.384 e. The van der Waals surface area contributed by atoms with Gasteiger partial charge in [-0.25, -0.2) is 0 Å². The van der Waals surface area contributed by atoms with Crippen molar-refractivity contribution >= 4 is 5.78 Å². The molecular weight excluding hydrogens is 224 g/mol. The molecule has 92 valence electrons. The molecule has 2 fully saturated rings. The topological polar surface area (TPSA) is 37.3 Å². The van der Waals surface area contributed by atoms with E-state index in [-0.39, 0.29) is 17.1 Å². The maximum atomic E-state index is 12.2. The van der Waals surface area contributed by atoms with E-state index in [0.29, 0.717) is 0 Å². The minimum absolute atomic E-state index is 0.0111. The fourth-order valence-corrected chi connectivity index (χ4v) is 4.56. The molecule has 0 aromatic heterocycles. The van der Waals surface area contributed by atoms with E-state index in [1.165, 1.54) is 0 Å². The van der Waals surface area contributed by atoms with E-state index in [0.717, 1.165) is 18.4 Å². The minimum Gasteiger partial charge on any atom is -0.384 e. The second kappa shape index (κ2) is 2.77. The van der Waals surface area contributed by atoms with Crippen LogP contribution in [-0.4, -0.2) is 16.5 Å². The molecule has 2 heteroatoms. The lowest BCUT2D eigenvalue weighted by molar-refractivity contribution is -0.125. The van der Waals surface area contributed by atoms with Crippen LogP contribution in [0.15, 0.2) is 42.5 Å². The van der Waals surface area contributed by atoms with Gasteiger partial charge in [0.15, 0.2) is 5.78 Å². The lowest BCUT2D eigenvalue weighted by Crippen LogP contribution is -2.40. The number of hydrogen-bond acceptors (Lipinski definition) is 2. The molecule has 0 unspecified atom stereocenters. The third-order valence-electron chi connectivity index (χ3n) is 5.54. The summed E-state index contributed by atoms with van der Waals surface area (Å²) in [5.74, 6) is 0.186. The molecule has 3 aliphatic carbocycles. The summed E-state index contributed by atoms with van der Waals surface area (Å²) in [7, 11) is 0. The average Bonchev–Trinajstić information content (AvgIpc) is 2.86.